The van der Waals surface area contributed by atoms with Gasteiger partial charge in [0.15, 0.2) is 0 Å². The molecule has 1 aromatic carbocycles. The molecule has 22 heavy (non-hydrogen) atoms. The number of amides is 1. The van der Waals surface area contributed by atoms with Crippen molar-refractivity contribution >= 4 is 17.2 Å². The number of carbonyl (C=O) groups excluding carboxylic acids is 1. The first-order valence-electron chi connectivity index (χ1n) is 7.71. The van der Waals surface area contributed by atoms with E-state index >= 15 is 0 Å². The third kappa shape index (κ3) is 2.56. The van der Waals surface area contributed by atoms with Crippen LogP contribution in [0.2, 0.25) is 0 Å². The summed E-state index contributed by atoms with van der Waals surface area (Å²) in [6.07, 6.45) is 1.79. The SMILES string of the molecule is O=C(C1CC(c2ccccc2)NN1)N1CCc2sccc2C1. The highest BCUT2D eigenvalue weighted by Crippen LogP contribution is 2.27. The van der Waals surface area contributed by atoms with E-state index in [1.807, 2.05) is 23.1 Å². The second-order valence-corrected chi connectivity index (χ2v) is 6.92. The molecule has 0 aliphatic carbocycles. The van der Waals surface area contributed by atoms with Crippen LogP contribution in [0.3, 0.4) is 0 Å². The third-order valence-corrected chi connectivity index (χ3v) is 5.55. The summed E-state index contributed by atoms with van der Waals surface area (Å²) in [5.41, 5.74) is 8.98. The van der Waals surface area contributed by atoms with Gasteiger partial charge in [0.05, 0.1) is 0 Å². The van der Waals surface area contributed by atoms with E-state index in [0.29, 0.717) is 0 Å². The Balaban J connectivity index is 1.42. The topological polar surface area (TPSA) is 44.4 Å². The summed E-state index contributed by atoms with van der Waals surface area (Å²) >= 11 is 1.80. The van der Waals surface area contributed by atoms with E-state index in [9.17, 15) is 4.79 Å². The molecule has 4 rings (SSSR count). The molecule has 114 valence electrons. The van der Waals surface area contributed by atoms with Gasteiger partial charge in [0.25, 0.3) is 0 Å². The first kappa shape index (κ1) is 13.9. The summed E-state index contributed by atoms with van der Waals surface area (Å²) in [6.45, 7) is 1.59. The first-order chi connectivity index (χ1) is 10.8. The van der Waals surface area contributed by atoms with Crippen LogP contribution in [0.4, 0.5) is 0 Å². The predicted molar refractivity (Wildman–Crippen MR) is 87.3 cm³/mol. The Labute approximate surface area is 134 Å². The zero-order chi connectivity index (χ0) is 14.9. The van der Waals surface area contributed by atoms with Crippen LogP contribution < -0.4 is 10.9 Å². The molecule has 1 aromatic heterocycles. The molecular formula is C17H19N3OS. The van der Waals surface area contributed by atoms with Crippen LogP contribution in [0.1, 0.15) is 28.5 Å². The van der Waals surface area contributed by atoms with Gasteiger partial charge >= 0.3 is 0 Å². The number of fused-ring (bicyclic) bond motifs is 1. The lowest BCUT2D eigenvalue weighted by molar-refractivity contribution is -0.134. The Hall–Kier alpha value is -1.69. The maximum atomic E-state index is 12.7. The van der Waals surface area contributed by atoms with Gasteiger partial charge in [-0.05, 0) is 35.4 Å². The van der Waals surface area contributed by atoms with Crippen molar-refractivity contribution in [3.63, 3.8) is 0 Å². The largest absolute Gasteiger partial charge is 0.337 e. The van der Waals surface area contributed by atoms with Crippen LogP contribution in [0.15, 0.2) is 41.8 Å². The van der Waals surface area contributed by atoms with E-state index in [1.165, 1.54) is 16.0 Å². The van der Waals surface area contributed by atoms with E-state index in [-0.39, 0.29) is 18.0 Å². The molecule has 5 heteroatoms. The molecular weight excluding hydrogens is 294 g/mol. The highest BCUT2D eigenvalue weighted by molar-refractivity contribution is 7.10. The number of hydrazine groups is 1. The molecule has 1 saturated heterocycles. The second kappa shape index (κ2) is 5.83. The van der Waals surface area contributed by atoms with Crippen LogP contribution in [-0.2, 0) is 17.8 Å². The zero-order valence-electron chi connectivity index (χ0n) is 12.3. The number of benzene rings is 1. The molecule has 2 unspecified atom stereocenters. The molecule has 0 bridgehead atoms. The van der Waals surface area contributed by atoms with Gasteiger partial charge in [-0.3, -0.25) is 4.79 Å². The van der Waals surface area contributed by atoms with E-state index < -0.39 is 0 Å². The van der Waals surface area contributed by atoms with Crippen molar-refractivity contribution in [2.75, 3.05) is 6.54 Å². The maximum Gasteiger partial charge on any atom is 0.241 e. The van der Waals surface area contributed by atoms with E-state index in [1.54, 1.807) is 11.3 Å². The van der Waals surface area contributed by atoms with Gasteiger partial charge in [0, 0.05) is 24.0 Å². The lowest BCUT2D eigenvalue weighted by Gasteiger charge is -2.29. The third-order valence-electron chi connectivity index (χ3n) is 4.52. The van der Waals surface area contributed by atoms with Gasteiger partial charge in [-0.15, -0.1) is 11.3 Å². The minimum absolute atomic E-state index is 0.134. The van der Waals surface area contributed by atoms with Gasteiger partial charge < -0.3 is 4.90 Å². The Morgan fingerprint density at radius 1 is 1.18 bits per heavy atom. The summed E-state index contributed by atoms with van der Waals surface area (Å²) in [6, 6.07) is 12.5. The second-order valence-electron chi connectivity index (χ2n) is 5.92. The Morgan fingerprint density at radius 2 is 2.05 bits per heavy atom. The smallest absolute Gasteiger partial charge is 0.241 e. The maximum absolute atomic E-state index is 12.7. The molecule has 2 N–H and O–H groups in total. The lowest BCUT2D eigenvalue weighted by Crippen LogP contribution is -2.47. The summed E-state index contributed by atoms with van der Waals surface area (Å²) in [7, 11) is 0. The highest BCUT2D eigenvalue weighted by atomic mass is 32.1. The van der Waals surface area contributed by atoms with Gasteiger partial charge in [0.2, 0.25) is 5.91 Å². The Bertz CT molecular complexity index is 670. The number of carbonyl (C=O) groups is 1. The van der Waals surface area contributed by atoms with Gasteiger partial charge in [-0.1, -0.05) is 30.3 Å². The minimum atomic E-state index is -0.134. The summed E-state index contributed by atoms with van der Waals surface area (Å²) in [4.78, 5) is 16.2. The van der Waals surface area contributed by atoms with E-state index in [0.717, 1.165) is 25.9 Å². The van der Waals surface area contributed by atoms with E-state index in [4.69, 9.17) is 0 Å². The average molecular weight is 313 g/mol. The minimum Gasteiger partial charge on any atom is -0.337 e. The highest BCUT2D eigenvalue weighted by Gasteiger charge is 2.34. The van der Waals surface area contributed by atoms with E-state index in [2.05, 4.69) is 34.4 Å². The predicted octanol–water partition coefficient (Wildman–Crippen LogP) is 2.24. The quantitative estimate of drug-likeness (QED) is 0.894. The van der Waals surface area contributed by atoms with Crippen LogP contribution >= 0.6 is 11.3 Å². The van der Waals surface area contributed by atoms with Crippen molar-refractivity contribution in [1.29, 1.82) is 0 Å². The standard InChI is InChI=1S/C17H19N3OS/c21-17(20-8-6-16-13(11-20)7-9-22-16)15-10-14(18-19-15)12-4-2-1-3-5-12/h1-5,7,9,14-15,18-19H,6,8,10-11H2. The zero-order valence-corrected chi connectivity index (χ0v) is 13.1. The monoisotopic (exact) mass is 313 g/mol. The van der Waals surface area contributed by atoms with Crippen LogP contribution in [-0.4, -0.2) is 23.4 Å². The molecule has 2 aliphatic rings. The molecule has 4 nitrogen and oxygen atoms in total. The van der Waals surface area contributed by atoms with Crippen LogP contribution in [0.25, 0.3) is 0 Å². The summed E-state index contributed by atoms with van der Waals surface area (Å²) in [5, 5.41) is 2.12. The first-order valence-corrected chi connectivity index (χ1v) is 8.59. The van der Waals surface area contributed by atoms with Crippen molar-refractivity contribution in [3.8, 4) is 0 Å². The van der Waals surface area contributed by atoms with Crippen molar-refractivity contribution in [2.45, 2.75) is 31.5 Å². The summed E-state index contributed by atoms with van der Waals surface area (Å²) < 4.78 is 0. The number of hydrogen-bond donors (Lipinski definition) is 2. The van der Waals surface area contributed by atoms with Crippen molar-refractivity contribution < 1.29 is 4.79 Å². The van der Waals surface area contributed by atoms with Crippen molar-refractivity contribution in [2.24, 2.45) is 0 Å². The van der Waals surface area contributed by atoms with Crippen molar-refractivity contribution in [3.05, 3.63) is 57.8 Å². The molecule has 1 amide bonds. The molecule has 1 fully saturated rings. The van der Waals surface area contributed by atoms with Gasteiger partial charge in [-0.25, -0.2) is 10.9 Å². The molecule has 0 saturated carbocycles. The summed E-state index contributed by atoms with van der Waals surface area (Å²) in [5.74, 6) is 0.211. The average Bonchev–Trinajstić information content (AvgIpc) is 3.23. The fourth-order valence-corrected chi connectivity index (χ4v) is 4.17. The van der Waals surface area contributed by atoms with Crippen LogP contribution in [0.5, 0.6) is 0 Å². The number of nitrogens with one attached hydrogen (secondary N) is 2. The Kier molecular flexibility index (Phi) is 3.70. The molecule has 2 aliphatic heterocycles. The normalized spacial score (nSPS) is 24.3. The fourth-order valence-electron chi connectivity index (χ4n) is 3.28. The van der Waals surface area contributed by atoms with Gasteiger partial charge in [0.1, 0.15) is 6.04 Å². The number of thiophene rings is 1. The fraction of sp³-hybridized carbons (Fsp3) is 0.353. The lowest BCUT2D eigenvalue weighted by atomic mass is 10.0. The van der Waals surface area contributed by atoms with Crippen LogP contribution in [0, 0.1) is 0 Å². The number of hydrogen-bond acceptors (Lipinski definition) is 4. The van der Waals surface area contributed by atoms with Crippen molar-refractivity contribution in [1.82, 2.24) is 15.8 Å². The molecule has 2 aromatic rings. The molecule has 0 radical (unpaired) electrons. The van der Waals surface area contributed by atoms with Gasteiger partial charge in [-0.2, -0.15) is 0 Å². The molecule has 0 spiro atoms. The molecule has 3 heterocycles. The number of rotatable bonds is 2. The number of nitrogens with zero attached hydrogens (tertiary/aromatic N) is 1. The molecule has 2 atom stereocenters. The Morgan fingerprint density at radius 3 is 2.91 bits per heavy atom.